The van der Waals surface area contributed by atoms with E-state index in [1.807, 2.05) is 6.07 Å². The summed E-state index contributed by atoms with van der Waals surface area (Å²) in [6.07, 6.45) is 0. The molecule has 1 N–H and O–H groups in total. The highest BCUT2D eigenvalue weighted by Gasteiger charge is 2.02. The van der Waals surface area contributed by atoms with Crippen LogP contribution in [-0.2, 0) is 5.75 Å². The van der Waals surface area contributed by atoms with Crippen molar-refractivity contribution in [3.8, 4) is 6.07 Å². The number of thioether (sulfide) groups is 1. The Morgan fingerprint density at radius 3 is 2.86 bits per heavy atom. The quantitative estimate of drug-likeness (QED) is 0.774. The summed E-state index contributed by atoms with van der Waals surface area (Å²) in [6, 6.07) is 6.31. The van der Waals surface area contributed by atoms with Gasteiger partial charge in [0.1, 0.15) is 5.82 Å². The minimum Gasteiger partial charge on any atom is -0.396 e. The van der Waals surface area contributed by atoms with E-state index in [4.69, 9.17) is 10.4 Å². The summed E-state index contributed by atoms with van der Waals surface area (Å²) < 4.78 is 13.2. The number of halogens is 1. The Labute approximate surface area is 86.4 Å². The monoisotopic (exact) mass is 211 g/mol. The van der Waals surface area contributed by atoms with E-state index < -0.39 is 0 Å². The summed E-state index contributed by atoms with van der Waals surface area (Å²) in [7, 11) is 0. The molecule has 4 heteroatoms. The first-order valence-electron chi connectivity index (χ1n) is 4.15. The Morgan fingerprint density at radius 1 is 1.50 bits per heavy atom. The largest absolute Gasteiger partial charge is 0.396 e. The Balaban J connectivity index is 2.65. The molecule has 0 aromatic heterocycles. The second-order valence-electron chi connectivity index (χ2n) is 2.69. The van der Waals surface area contributed by atoms with Crippen molar-refractivity contribution in [1.82, 2.24) is 0 Å². The van der Waals surface area contributed by atoms with Crippen molar-refractivity contribution >= 4 is 11.8 Å². The lowest BCUT2D eigenvalue weighted by Gasteiger charge is -2.02. The van der Waals surface area contributed by atoms with Crippen molar-refractivity contribution in [1.29, 1.82) is 5.26 Å². The minimum absolute atomic E-state index is 0.0998. The van der Waals surface area contributed by atoms with E-state index in [-0.39, 0.29) is 12.4 Å². The molecule has 2 nitrogen and oxygen atoms in total. The van der Waals surface area contributed by atoms with E-state index in [1.54, 1.807) is 12.1 Å². The van der Waals surface area contributed by atoms with Gasteiger partial charge in [0.25, 0.3) is 0 Å². The number of rotatable bonds is 4. The van der Waals surface area contributed by atoms with E-state index in [9.17, 15) is 4.39 Å². The van der Waals surface area contributed by atoms with E-state index in [1.165, 1.54) is 17.8 Å². The van der Waals surface area contributed by atoms with Gasteiger partial charge in [0.15, 0.2) is 0 Å². The Hall–Kier alpha value is -1.05. The highest BCUT2D eigenvalue weighted by atomic mass is 32.2. The van der Waals surface area contributed by atoms with Gasteiger partial charge in [-0.2, -0.15) is 17.0 Å². The number of nitriles is 1. The van der Waals surface area contributed by atoms with Crippen LogP contribution in [0, 0.1) is 17.1 Å². The van der Waals surface area contributed by atoms with Crippen LogP contribution in [0.1, 0.15) is 11.1 Å². The number of benzene rings is 1. The van der Waals surface area contributed by atoms with Gasteiger partial charge in [-0.3, -0.25) is 0 Å². The number of hydrogen-bond donors (Lipinski definition) is 1. The van der Waals surface area contributed by atoms with Crippen LogP contribution in [0.4, 0.5) is 4.39 Å². The summed E-state index contributed by atoms with van der Waals surface area (Å²) in [5.41, 5.74) is 0.904. The summed E-state index contributed by atoms with van der Waals surface area (Å²) in [5.74, 6) is 0.770. The fraction of sp³-hybridized carbons (Fsp3) is 0.300. The van der Waals surface area contributed by atoms with Crippen LogP contribution in [0.5, 0.6) is 0 Å². The van der Waals surface area contributed by atoms with Gasteiger partial charge in [-0.05, 0) is 17.7 Å². The summed E-state index contributed by atoms with van der Waals surface area (Å²) in [5, 5.41) is 17.1. The van der Waals surface area contributed by atoms with Gasteiger partial charge in [-0.25, -0.2) is 4.39 Å². The molecule has 0 aliphatic rings. The van der Waals surface area contributed by atoms with Crippen LogP contribution in [0.25, 0.3) is 0 Å². The molecule has 14 heavy (non-hydrogen) atoms. The predicted octanol–water partition coefficient (Wildman–Crippen LogP) is 1.92. The molecular weight excluding hydrogens is 201 g/mol. The maximum absolute atomic E-state index is 13.2. The fourth-order valence-corrected chi connectivity index (χ4v) is 1.71. The lowest BCUT2D eigenvalue weighted by molar-refractivity contribution is 0.322. The van der Waals surface area contributed by atoms with Crippen LogP contribution in [0.15, 0.2) is 18.2 Å². The van der Waals surface area contributed by atoms with Crippen molar-refractivity contribution in [3.63, 3.8) is 0 Å². The average molecular weight is 211 g/mol. The number of aliphatic hydroxyl groups is 1. The van der Waals surface area contributed by atoms with Crippen LogP contribution >= 0.6 is 11.8 Å². The highest BCUT2D eigenvalue weighted by molar-refractivity contribution is 7.98. The maximum Gasteiger partial charge on any atom is 0.128 e. The van der Waals surface area contributed by atoms with E-state index in [0.29, 0.717) is 22.6 Å². The van der Waals surface area contributed by atoms with Crippen molar-refractivity contribution in [2.75, 3.05) is 12.4 Å². The molecule has 0 saturated heterocycles. The third-order valence-corrected chi connectivity index (χ3v) is 2.66. The molecule has 0 radical (unpaired) electrons. The second kappa shape index (κ2) is 5.63. The molecule has 0 spiro atoms. The molecular formula is C10H10FNOS. The molecule has 0 unspecified atom stereocenters. The standard InChI is InChI=1S/C10H10FNOS/c11-10-5-8(6-12)1-2-9(10)7-14-4-3-13/h1-2,5,13H,3-4,7H2. The molecule has 74 valence electrons. The van der Waals surface area contributed by atoms with E-state index >= 15 is 0 Å². The van der Waals surface area contributed by atoms with Gasteiger partial charge >= 0.3 is 0 Å². The molecule has 0 bridgehead atoms. The van der Waals surface area contributed by atoms with Crippen LogP contribution < -0.4 is 0 Å². The molecule has 0 heterocycles. The third-order valence-electron chi connectivity index (χ3n) is 1.68. The van der Waals surface area contributed by atoms with Crippen LogP contribution in [0.3, 0.4) is 0 Å². The first kappa shape index (κ1) is 11.0. The minimum atomic E-state index is -0.352. The molecule has 0 saturated carbocycles. The zero-order chi connectivity index (χ0) is 10.4. The molecule has 0 atom stereocenters. The van der Waals surface area contributed by atoms with Crippen molar-refractivity contribution in [2.24, 2.45) is 0 Å². The Bertz CT molecular complexity index is 348. The third kappa shape index (κ3) is 3.02. The molecule has 1 aromatic carbocycles. The first-order valence-corrected chi connectivity index (χ1v) is 5.30. The predicted molar refractivity (Wildman–Crippen MR) is 54.4 cm³/mol. The van der Waals surface area contributed by atoms with Gasteiger partial charge < -0.3 is 5.11 Å². The lowest BCUT2D eigenvalue weighted by atomic mass is 10.1. The van der Waals surface area contributed by atoms with Crippen molar-refractivity contribution in [2.45, 2.75) is 5.75 Å². The molecule has 0 aliphatic heterocycles. The number of hydrogen-bond acceptors (Lipinski definition) is 3. The average Bonchev–Trinajstić information content (AvgIpc) is 2.20. The highest BCUT2D eigenvalue weighted by Crippen LogP contribution is 2.16. The maximum atomic E-state index is 13.2. The fourth-order valence-electron chi connectivity index (χ4n) is 0.981. The van der Waals surface area contributed by atoms with Crippen LogP contribution in [0.2, 0.25) is 0 Å². The van der Waals surface area contributed by atoms with Gasteiger partial charge in [0.2, 0.25) is 0 Å². The first-order chi connectivity index (χ1) is 6.77. The molecule has 1 rings (SSSR count). The molecule has 0 amide bonds. The second-order valence-corrected chi connectivity index (χ2v) is 3.80. The van der Waals surface area contributed by atoms with Crippen molar-refractivity contribution in [3.05, 3.63) is 35.1 Å². The SMILES string of the molecule is N#Cc1ccc(CSCCO)c(F)c1. The summed E-state index contributed by atoms with van der Waals surface area (Å²) in [6.45, 7) is 0.0998. The smallest absolute Gasteiger partial charge is 0.128 e. The molecule has 1 aromatic rings. The zero-order valence-electron chi connectivity index (χ0n) is 7.53. The Kier molecular flexibility index (Phi) is 4.44. The van der Waals surface area contributed by atoms with Crippen LogP contribution in [-0.4, -0.2) is 17.5 Å². The zero-order valence-corrected chi connectivity index (χ0v) is 8.35. The number of aliphatic hydroxyl groups excluding tert-OH is 1. The van der Waals surface area contributed by atoms with E-state index in [0.717, 1.165) is 0 Å². The summed E-state index contributed by atoms with van der Waals surface area (Å²) in [4.78, 5) is 0. The summed E-state index contributed by atoms with van der Waals surface area (Å²) >= 11 is 1.46. The Morgan fingerprint density at radius 2 is 2.29 bits per heavy atom. The van der Waals surface area contributed by atoms with Crippen molar-refractivity contribution < 1.29 is 9.50 Å². The molecule has 0 fully saturated rings. The van der Waals surface area contributed by atoms with Gasteiger partial charge in [-0.1, -0.05) is 6.07 Å². The van der Waals surface area contributed by atoms with Gasteiger partial charge in [0.05, 0.1) is 18.2 Å². The van der Waals surface area contributed by atoms with E-state index in [2.05, 4.69) is 0 Å². The normalized spacial score (nSPS) is 9.79. The lowest BCUT2D eigenvalue weighted by Crippen LogP contribution is -1.92. The van der Waals surface area contributed by atoms with Gasteiger partial charge in [-0.15, -0.1) is 0 Å². The number of nitrogens with zero attached hydrogens (tertiary/aromatic N) is 1. The molecule has 0 aliphatic carbocycles. The van der Waals surface area contributed by atoms with Gasteiger partial charge in [0, 0.05) is 11.5 Å². The topological polar surface area (TPSA) is 44.0 Å².